The van der Waals surface area contributed by atoms with Crippen molar-refractivity contribution in [3.63, 3.8) is 0 Å². The van der Waals surface area contributed by atoms with Crippen LogP contribution in [0.1, 0.15) is 19.3 Å². The average Bonchev–Trinajstić information content (AvgIpc) is 2.41. The second-order valence-electron chi connectivity index (χ2n) is 4.53. The number of hydrogen-bond donors (Lipinski definition) is 1. The summed E-state index contributed by atoms with van der Waals surface area (Å²) in [5.74, 6) is 0.959. The molecule has 0 spiro atoms. The van der Waals surface area contributed by atoms with Gasteiger partial charge in [0.2, 0.25) is 0 Å². The summed E-state index contributed by atoms with van der Waals surface area (Å²) >= 11 is 0. The van der Waals surface area contributed by atoms with Crippen LogP contribution in [0, 0.1) is 0 Å². The van der Waals surface area contributed by atoms with Gasteiger partial charge in [0.05, 0.1) is 0 Å². The molecule has 17 heavy (non-hydrogen) atoms. The molecule has 0 aromatic heterocycles. The van der Waals surface area contributed by atoms with Crippen molar-refractivity contribution in [1.82, 2.24) is 4.90 Å². The number of nitrogens with one attached hydrogen (secondary N) is 1. The Labute approximate surface area is 104 Å². The van der Waals surface area contributed by atoms with Crippen molar-refractivity contribution in [2.45, 2.75) is 19.3 Å². The lowest BCUT2D eigenvalue weighted by Crippen LogP contribution is -2.33. The second kappa shape index (κ2) is 6.50. The molecule has 3 heteroatoms. The minimum atomic E-state index is 0.791. The van der Waals surface area contributed by atoms with Crippen molar-refractivity contribution in [2.75, 3.05) is 38.6 Å². The van der Waals surface area contributed by atoms with E-state index in [1.807, 2.05) is 31.3 Å². The summed E-state index contributed by atoms with van der Waals surface area (Å²) in [5.41, 5.74) is 1.12. The van der Waals surface area contributed by atoms with E-state index in [-0.39, 0.29) is 0 Å². The Hall–Kier alpha value is -1.22. The molecule has 0 atom stereocenters. The maximum absolute atomic E-state index is 5.74. The van der Waals surface area contributed by atoms with Gasteiger partial charge in [-0.2, -0.15) is 0 Å². The Morgan fingerprint density at radius 2 is 1.82 bits per heavy atom. The summed E-state index contributed by atoms with van der Waals surface area (Å²) in [5, 5.41) is 3.10. The first-order valence-corrected chi connectivity index (χ1v) is 6.51. The van der Waals surface area contributed by atoms with E-state index in [2.05, 4.69) is 10.2 Å². The Bertz CT molecular complexity index is 317. The molecule has 0 aliphatic carbocycles. The molecular formula is C14H22N2O. The van der Waals surface area contributed by atoms with Crippen molar-refractivity contribution in [2.24, 2.45) is 0 Å². The van der Waals surface area contributed by atoms with Gasteiger partial charge in [0.25, 0.3) is 0 Å². The normalized spacial score (nSPS) is 16.8. The molecule has 94 valence electrons. The van der Waals surface area contributed by atoms with Crippen LogP contribution in [0.3, 0.4) is 0 Å². The monoisotopic (exact) mass is 234 g/mol. The van der Waals surface area contributed by atoms with Crippen LogP contribution >= 0.6 is 0 Å². The van der Waals surface area contributed by atoms with Crippen molar-refractivity contribution in [3.05, 3.63) is 24.3 Å². The Morgan fingerprint density at radius 3 is 2.47 bits per heavy atom. The molecule has 1 fully saturated rings. The number of likely N-dealkylation sites (tertiary alicyclic amines) is 1. The molecule has 0 saturated carbocycles. The predicted octanol–water partition coefficient (Wildman–Crippen LogP) is 2.59. The van der Waals surface area contributed by atoms with Gasteiger partial charge in [-0.25, -0.2) is 0 Å². The topological polar surface area (TPSA) is 24.5 Å². The van der Waals surface area contributed by atoms with E-state index in [0.717, 1.165) is 24.6 Å². The van der Waals surface area contributed by atoms with Crippen LogP contribution in [0.15, 0.2) is 24.3 Å². The maximum atomic E-state index is 5.74. The number of ether oxygens (including phenoxy) is 1. The van der Waals surface area contributed by atoms with Crippen molar-refractivity contribution in [1.29, 1.82) is 0 Å². The molecule has 0 amide bonds. The van der Waals surface area contributed by atoms with E-state index in [0.29, 0.717) is 0 Å². The zero-order valence-corrected chi connectivity index (χ0v) is 10.6. The van der Waals surface area contributed by atoms with Gasteiger partial charge in [-0.15, -0.1) is 0 Å². The molecule has 2 rings (SSSR count). The fourth-order valence-electron chi connectivity index (χ4n) is 2.19. The first-order valence-electron chi connectivity index (χ1n) is 6.51. The summed E-state index contributed by atoms with van der Waals surface area (Å²) in [7, 11) is 1.92. The lowest BCUT2D eigenvalue weighted by Gasteiger charge is -2.26. The van der Waals surface area contributed by atoms with Crippen LogP contribution < -0.4 is 10.1 Å². The molecule has 1 aliphatic heterocycles. The van der Waals surface area contributed by atoms with Gasteiger partial charge in [0, 0.05) is 19.3 Å². The fraction of sp³-hybridized carbons (Fsp3) is 0.571. The van der Waals surface area contributed by atoms with Crippen LogP contribution in [0.4, 0.5) is 5.69 Å². The predicted molar refractivity (Wildman–Crippen MR) is 71.8 cm³/mol. The first-order chi connectivity index (χ1) is 8.38. The highest BCUT2D eigenvalue weighted by Crippen LogP contribution is 2.15. The molecule has 0 radical (unpaired) electrons. The highest BCUT2D eigenvalue weighted by molar-refractivity contribution is 5.45. The largest absolute Gasteiger partial charge is 0.492 e. The van der Waals surface area contributed by atoms with E-state index in [1.165, 1.54) is 32.4 Å². The Morgan fingerprint density at radius 1 is 1.12 bits per heavy atom. The lowest BCUT2D eigenvalue weighted by atomic mass is 10.1. The van der Waals surface area contributed by atoms with Gasteiger partial charge < -0.3 is 10.1 Å². The van der Waals surface area contributed by atoms with Gasteiger partial charge in [0.15, 0.2) is 0 Å². The van der Waals surface area contributed by atoms with Crippen molar-refractivity contribution >= 4 is 5.69 Å². The highest BCUT2D eigenvalue weighted by atomic mass is 16.5. The Kier molecular flexibility index (Phi) is 4.68. The summed E-state index contributed by atoms with van der Waals surface area (Å²) in [6.45, 7) is 4.32. The molecule has 0 bridgehead atoms. The molecule has 3 nitrogen and oxygen atoms in total. The van der Waals surface area contributed by atoms with Gasteiger partial charge in [-0.1, -0.05) is 6.42 Å². The van der Waals surface area contributed by atoms with Crippen LogP contribution in [0.2, 0.25) is 0 Å². The van der Waals surface area contributed by atoms with Crippen LogP contribution in [0.25, 0.3) is 0 Å². The third-order valence-electron chi connectivity index (χ3n) is 3.27. The van der Waals surface area contributed by atoms with E-state index < -0.39 is 0 Å². The summed E-state index contributed by atoms with van der Waals surface area (Å²) in [4.78, 5) is 2.49. The first kappa shape index (κ1) is 12.2. The van der Waals surface area contributed by atoms with Crippen molar-refractivity contribution in [3.8, 4) is 5.75 Å². The van der Waals surface area contributed by atoms with Gasteiger partial charge >= 0.3 is 0 Å². The number of anilines is 1. The molecular weight excluding hydrogens is 212 g/mol. The quantitative estimate of drug-likeness (QED) is 0.847. The lowest BCUT2D eigenvalue weighted by molar-refractivity contribution is 0.183. The van der Waals surface area contributed by atoms with E-state index in [9.17, 15) is 0 Å². The minimum absolute atomic E-state index is 0.791. The molecule has 0 unspecified atom stereocenters. The molecule has 1 aromatic rings. The van der Waals surface area contributed by atoms with Crippen LogP contribution in [0.5, 0.6) is 5.75 Å². The third-order valence-corrected chi connectivity index (χ3v) is 3.27. The van der Waals surface area contributed by atoms with E-state index in [1.54, 1.807) is 0 Å². The fourth-order valence-corrected chi connectivity index (χ4v) is 2.19. The van der Waals surface area contributed by atoms with Gasteiger partial charge in [-0.3, -0.25) is 4.90 Å². The third kappa shape index (κ3) is 3.93. The van der Waals surface area contributed by atoms with E-state index in [4.69, 9.17) is 4.74 Å². The van der Waals surface area contributed by atoms with Gasteiger partial charge in [0.1, 0.15) is 12.4 Å². The second-order valence-corrected chi connectivity index (χ2v) is 4.53. The van der Waals surface area contributed by atoms with Gasteiger partial charge in [-0.05, 0) is 50.2 Å². The number of rotatable bonds is 5. The number of benzene rings is 1. The number of hydrogen-bond acceptors (Lipinski definition) is 3. The number of nitrogens with zero attached hydrogens (tertiary/aromatic N) is 1. The average molecular weight is 234 g/mol. The zero-order chi connectivity index (χ0) is 11.9. The summed E-state index contributed by atoms with van der Waals surface area (Å²) in [6.07, 6.45) is 4.08. The van der Waals surface area contributed by atoms with Crippen molar-refractivity contribution < 1.29 is 4.74 Å². The molecule has 1 aliphatic rings. The standard InChI is InChI=1S/C14H22N2O/c1-15-13-5-7-14(8-6-13)17-12-11-16-9-3-2-4-10-16/h5-8,15H,2-4,9-12H2,1H3. The van der Waals surface area contributed by atoms with Crippen LogP contribution in [-0.4, -0.2) is 38.2 Å². The van der Waals surface area contributed by atoms with Crippen LogP contribution in [-0.2, 0) is 0 Å². The summed E-state index contributed by atoms with van der Waals surface area (Å²) < 4.78 is 5.74. The zero-order valence-electron chi connectivity index (χ0n) is 10.6. The maximum Gasteiger partial charge on any atom is 0.119 e. The highest BCUT2D eigenvalue weighted by Gasteiger charge is 2.09. The molecule has 1 N–H and O–H groups in total. The Balaban J connectivity index is 1.69. The van der Waals surface area contributed by atoms with E-state index >= 15 is 0 Å². The summed E-state index contributed by atoms with van der Waals surface area (Å²) in [6, 6.07) is 8.11. The minimum Gasteiger partial charge on any atom is -0.492 e. The molecule has 1 saturated heterocycles. The molecule has 1 heterocycles. The molecule has 1 aromatic carbocycles. The smallest absolute Gasteiger partial charge is 0.119 e. The SMILES string of the molecule is CNc1ccc(OCCN2CCCCC2)cc1. The number of piperidine rings is 1.